The number of rotatable bonds is 8. The number of anilines is 3. The van der Waals surface area contributed by atoms with Gasteiger partial charge in [0.25, 0.3) is 0 Å². The Kier molecular flexibility index (Phi) is 9.22. The fourth-order valence-electron chi connectivity index (χ4n) is 10.8. The third kappa shape index (κ3) is 5.84. The van der Waals surface area contributed by atoms with Crippen molar-refractivity contribution in [2.75, 3.05) is 4.90 Å². The van der Waals surface area contributed by atoms with Crippen LogP contribution in [0.5, 0.6) is 11.5 Å². The van der Waals surface area contributed by atoms with Gasteiger partial charge in [-0.1, -0.05) is 212 Å². The smallest absolute Gasteiger partial charge is 0.189 e. The highest BCUT2D eigenvalue weighted by molar-refractivity contribution is 7.23. The van der Waals surface area contributed by atoms with Crippen molar-refractivity contribution < 1.29 is 4.74 Å². The predicted molar refractivity (Wildman–Crippen MR) is 273 cm³/mol. The Hall–Kier alpha value is -7.77. The van der Waals surface area contributed by atoms with Gasteiger partial charge in [-0.25, -0.2) is 0 Å². The Morgan fingerprint density at radius 3 is 1.23 bits per heavy atom. The highest BCUT2D eigenvalue weighted by Crippen LogP contribution is 2.40. The summed E-state index contributed by atoms with van der Waals surface area (Å²) in [6, 6.07) is 96.5. The summed E-state index contributed by atoms with van der Waals surface area (Å²) < 4.78 is 6.72. The van der Waals surface area contributed by atoms with Gasteiger partial charge in [0.2, 0.25) is 0 Å². The summed E-state index contributed by atoms with van der Waals surface area (Å²) in [5.41, 5.74) is 8.34. The van der Waals surface area contributed by atoms with Gasteiger partial charge in [0.05, 0.1) is 0 Å². The first-order valence-corrected chi connectivity index (χ1v) is 26.1. The van der Waals surface area contributed by atoms with Crippen molar-refractivity contribution in [3.8, 4) is 33.8 Å². The number of benzene rings is 10. The number of hydrogen-bond acceptors (Lipinski definition) is 2. The van der Waals surface area contributed by atoms with E-state index in [1.165, 1.54) is 63.7 Å². The van der Waals surface area contributed by atoms with Crippen molar-refractivity contribution in [1.82, 2.24) is 0 Å². The van der Waals surface area contributed by atoms with Crippen LogP contribution in [0.15, 0.2) is 261 Å². The molecule has 2 aliphatic heterocycles. The maximum absolute atomic E-state index is 6.72. The van der Waals surface area contributed by atoms with E-state index >= 15 is 0 Å². The largest absolute Gasteiger partial charge is 0.458 e. The Balaban J connectivity index is 1.08. The molecule has 0 bridgehead atoms. The SMILES string of the molecule is c1ccc(-c2ccc(N(c3ccc([Si](c4ccccc4)(c4ccccc4)c4ccccc4)cc3)c3ccc4c(c3)[Si]3(c5ccccc5Oc5ccccc53)c3ccccc3-4)cc2)cc1. The van der Waals surface area contributed by atoms with Crippen molar-refractivity contribution in [3.63, 3.8) is 0 Å². The minimum atomic E-state index is -2.83. The maximum Gasteiger partial charge on any atom is 0.189 e. The topological polar surface area (TPSA) is 12.5 Å². The van der Waals surface area contributed by atoms with E-state index in [4.69, 9.17) is 4.74 Å². The zero-order valence-electron chi connectivity index (χ0n) is 35.2. The molecule has 10 aromatic rings. The van der Waals surface area contributed by atoms with Crippen LogP contribution in [0.4, 0.5) is 17.1 Å². The summed E-state index contributed by atoms with van der Waals surface area (Å²) >= 11 is 0. The molecule has 0 N–H and O–H groups in total. The van der Waals surface area contributed by atoms with E-state index in [0.29, 0.717) is 0 Å². The van der Waals surface area contributed by atoms with Crippen LogP contribution >= 0.6 is 0 Å². The van der Waals surface area contributed by atoms with Crippen LogP contribution < -0.4 is 51.1 Å². The van der Waals surface area contributed by atoms with Crippen molar-refractivity contribution in [2.24, 2.45) is 0 Å². The molecular formula is C60H43NOSi2. The Labute approximate surface area is 377 Å². The molecule has 10 aromatic carbocycles. The van der Waals surface area contributed by atoms with Crippen molar-refractivity contribution in [2.45, 2.75) is 0 Å². The lowest BCUT2D eigenvalue weighted by Crippen LogP contribution is -2.74. The molecule has 0 radical (unpaired) electrons. The summed E-state index contributed by atoms with van der Waals surface area (Å²) in [5.74, 6) is 1.90. The lowest BCUT2D eigenvalue weighted by Gasteiger charge is -2.38. The number of ether oxygens (including phenoxy) is 1. The molecule has 0 aliphatic carbocycles. The lowest BCUT2D eigenvalue weighted by molar-refractivity contribution is 0.487. The van der Waals surface area contributed by atoms with E-state index in [9.17, 15) is 0 Å². The molecule has 0 aromatic heterocycles. The standard InChI is InChI=1S/C60H43NOSi2/c1-5-19-44(20-6-1)45-33-35-46(36-34-45)61(47-37-40-52(41-38-47)63(49-21-7-2-8-22-49,50-23-9-3-10-24-50)51-25-11-4-12-26-51)48-39-42-54-53-27-13-16-30-57(53)64(60(54)43-48)58-31-17-14-28-55(58)62-56-29-15-18-32-59(56)64/h1-43H. The molecule has 12 rings (SSSR count). The number of hydrogen-bond donors (Lipinski definition) is 0. The lowest BCUT2D eigenvalue weighted by atomic mass is 10.0. The summed E-state index contributed by atoms with van der Waals surface area (Å²) in [6.07, 6.45) is 0. The number of fused-ring (bicyclic) bond motifs is 9. The molecule has 1 spiro atoms. The molecule has 64 heavy (non-hydrogen) atoms. The monoisotopic (exact) mass is 849 g/mol. The second-order valence-corrected chi connectivity index (χ2v) is 24.2. The normalized spacial score (nSPS) is 12.9. The molecule has 2 nitrogen and oxygen atoms in total. The van der Waals surface area contributed by atoms with Gasteiger partial charge < -0.3 is 9.64 Å². The van der Waals surface area contributed by atoms with Crippen LogP contribution in [-0.2, 0) is 0 Å². The van der Waals surface area contributed by atoms with E-state index in [1.54, 1.807) is 0 Å². The molecule has 2 aliphatic rings. The van der Waals surface area contributed by atoms with E-state index in [1.807, 2.05) is 0 Å². The van der Waals surface area contributed by atoms with Crippen molar-refractivity contribution in [3.05, 3.63) is 261 Å². The molecular weight excluding hydrogens is 807 g/mol. The first kappa shape index (κ1) is 38.0. The van der Waals surface area contributed by atoms with Crippen LogP contribution in [0.1, 0.15) is 0 Å². The highest BCUT2D eigenvalue weighted by Gasteiger charge is 2.53. The van der Waals surface area contributed by atoms with Crippen LogP contribution in [0.25, 0.3) is 22.3 Å². The Bertz CT molecular complexity index is 3140. The summed E-state index contributed by atoms with van der Waals surface area (Å²) in [4.78, 5) is 2.46. The maximum atomic E-state index is 6.72. The van der Waals surface area contributed by atoms with E-state index in [2.05, 4.69) is 266 Å². The summed E-state index contributed by atoms with van der Waals surface area (Å²) in [6.45, 7) is 0. The van der Waals surface area contributed by atoms with Gasteiger partial charge in [-0.15, -0.1) is 0 Å². The molecule has 0 saturated carbocycles. The van der Waals surface area contributed by atoms with Gasteiger partial charge >= 0.3 is 0 Å². The molecule has 0 unspecified atom stereocenters. The average molecular weight is 850 g/mol. The zero-order valence-corrected chi connectivity index (χ0v) is 37.2. The first-order valence-electron chi connectivity index (χ1n) is 22.1. The summed E-state index contributed by atoms with van der Waals surface area (Å²) in [7, 11) is -5.56. The molecule has 0 fully saturated rings. The second kappa shape index (κ2) is 15.5. The van der Waals surface area contributed by atoms with Crippen LogP contribution in [0.3, 0.4) is 0 Å². The third-order valence-electron chi connectivity index (χ3n) is 13.5. The minimum Gasteiger partial charge on any atom is -0.458 e. The highest BCUT2D eigenvalue weighted by atomic mass is 28.3. The van der Waals surface area contributed by atoms with Gasteiger partial charge in [0.15, 0.2) is 16.1 Å². The van der Waals surface area contributed by atoms with E-state index in [-0.39, 0.29) is 0 Å². The average Bonchev–Trinajstić information content (AvgIpc) is 3.66. The van der Waals surface area contributed by atoms with E-state index in [0.717, 1.165) is 28.6 Å². The number of nitrogens with zero attached hydrogens (tertiary/aromatic N) is 1. The molecule has 2 heterocycles. The van der Waals surface area contributed by atoms with Gasteiger partial charge in [-0.05, 0) is 112 Å². The van der Waals surface area contributed by atoms with E-state index < -0.39 is 16.1 Å². The van der Waals surface area contributed by atoms with Crippen molar-refractivity contribution >= 4 is 74.7 Å². The van der Waals surface area contributed by atoms with Gasteiger partial charge in [-0.2, -0.15) is 0 Å². The predicted octanol–water partition coefficient (Wildman–Crippen LogP) is 9.66. The summed E-state index contributed by atoms with van der Waals surface area (Å²) in [5, 5.41) is 10.8. The Morgan fingerprint density at radius 1 is 0.297 bits per heavy atom. The van der Waals surface area contributed by atoms with Crippen molar-refractivity contribution in [1.29, 1.82) is 0 Å². The Morgan fingerprint density at radius 2 is 0.688 bits per heavy atom. The fraction of sp³-hybridized carbons (Fsp3) is 0. The van der Waals surface area contributed by atoms with Gasteiger partial charge in [-0.3, -0.25) is 0 Å². The quantitative estimate of drug-likeness (QED) is 0.112. The molecule has 0 atom stereocenters. The first-order chi connectivity index (χ1) is 31.7. The fourth-order valence-corrected chi connectivity index (χ4v) is 20.9. The molecule has 0 amide bonds. The van der Waals surface area contributed by atoms with Gasteiger partial charge in [0, 0.05) is 17.1 Å². The van der Waals surface area contributed by atoms with Crippen LogP contribution in [0.2, 0.25) is 0 Å². The van der Waals surface area contributed by atoms with Crippen LogP contribution in [0, 0.1) is 0 Å². The zero-order chi connectivity index (χ0) is 42.5. The molecule has 0 saturated heterocycles. The third-order valence-corrected chi connectivity index (χ3v) is 23.2. The molecule has 302 valence electrons. The van der Waals surface area contributed by atoms with Crippen LogP contribution in [-0.4, -0.2) is 16.1 Å². The molecule has 4 heteroatoms. The van der Waals surface area contributed by atoms with Gasteiger partial charge in [0.1, 0.15) is 11.5 Å². The second-order valence-electron chi connectivity index (χ2n) is 16.8. The minimum absolute atomic E-state index is 0.952. The number of para-hydroxylation sites is 2.